The lowest BCUT2D eigenvalue weighted by Crippen LogP contribution is -2.39. The van der Waals surface area contributed by atoms with Crippen LogP contribution >= 0.6 is 0 Å². The predicted octanol–water partition coefficient (Wildman–Crippen LogP) is 1.09. The van der Waals surface area contributed by atoms with Crippen LogP contribution in [0.2, 0.25) is 0 Å². The van der Waals surface area contributed by atoms with Gasteiger partial charge in [-0.05, 0) is 38.0 Å². The highest BCUT2D eigenvalue weighted by atomic mass is 32.2. The number of hydrogen-bond donors (Lipinski definition) is 1. The first-order valence-electron chi connectivity index (χ1n) is 7.71. The zero-order valence-corrected chi connectivity index (χ0v) is 15.9. The van der Waals surface area contributed by atoms with Crippen molar-refractivity contribution in [3.8, 4) is 0 Å². The Morgan fingerprint density at radius 1 is 1.25 bits per heavy atom. The van der Waals surface area contributed by atoms with Gasteiger partial charge in [0.25, 0.3) is 0 Å². The number of ether oxygens (including phenoxy) is 1. The van der Waals surface area contributed by atoms with Gasteiger partial charge in [-0.15, -0.1) is 0 Å². The molecule has 1 aromatic carbocycles. The summed E-state index contributed by atoms with van der Waals surface area (Å²) in [5.41, 5.74) is 0.591. The highest BCUT2D eigenvalue weighted by molar-refractivity contribution is 7.90. The van der Waals surface area contributed by atoms with Crippen LogP contribution in [0.25, 0.3) is 0 Å². The molecule has 2 rings (SSSR count). The first-order chi connectivity index (χ1) is 11.1. The van der Waals surface area contributed by atoms with Gasteiger partial charge in [0.1, 0.15) is 5.25 Å². The summed E-state index contributed by atoms with van der Waals surface area (Å²) in [5, 5.41) is -0.589. The van der Waals surface area contributed by atoms with Gasteiger partial charge in [-0.25, -0.2) is 25.9 Å². The fourth-order valence-corrected chi connectivity index (χ4v) is 5.43. The molecule has 0 aliphatic carbocycles. The first kappa shape index (κ1) is 19.3. The summed E-state index contributed by atoms with van der Waals surface area (Å²) in [7, 11) is -4.21. The van der Waals surface area contributed by atoms with Crippen LogP contribution in [0.4, 0.5) is 0 Å². The van der Waals surface area contributed by atoms with Crippen LogP contribution in [0, 0.1) is 0 Å². The Morgan fingerprint density at radius 3 is 2.46 bits per heavy atom. The van der Waals surface area contributed by atoms with E-state index >= 15 is 0 Å². The maximum absolute atomic E-state index is 12.5. The number of benzene rings is 1. The molecule has 3 unspecified atom stereocenters. The van der Waals surface area contributed by atoms with Gasteiger partial charge < -0.3 is 4.74 Å². The van der Waals surface area contributed by atoms with E-state index in [1.807, 2.05) is 0 Å². The molecule has 1 saturated heterocycles. The van der Waals surface area contributed by atoms with Crippen molar-refractivity contribution in [3.05, 3.63) is 29.8 Å². The van der Waals surface area contributed by atoms with E-state index in [9.17, 15) is 16.8 Å². The van der Waals surface area contributed by atoms with Gasteiger partial charge in [-0.3, -0.25) is 0 Å². The monoisotopic (exact) mass is 376 g/mol. The van der Waals surface area contributed by atoms with Crippen molar-refractivity contribution in [3.63, 3.8) is 0 Å². The third kappa shape index (κ3) is 3.97. The van der Waals surface area contributed by atoms with Crippen LogP contribution in [-0.4, -0.2) is 53.2 Å². The standard InChI is InChI=1S/C15H24N2O5S2/c1-11(16-23(18,19)15-8-9-22-12(15)2)13-6-5-7-14(10-13)24(20,21)17(3)4/h5-7,10-12,15-16H,8-9H2,1-4H3. The van der Waals surface area contributed by atoms with E-state index in [1.54, 1.807) is 26.0 Å². The molecule has 0 spiro atoms. The molecule has 1 N–H and O–H groups in total. The minimum absolute atomic E-state index is 0.133. The van der Waals surface area contributed by atoms with Gasteiger partial charge in [0.2, 0.25) is 20.0 Å². The fraction of sp³-hybridized carbons (Fsp3) is 0.600. The summed E-state index contributed by atoms with van der Waals surface area (Å²) >= 11 is 0. The third-order valence-electron chi connectivity index (χ3n) is 4.18. The Morgan fingerprint density at radius 2 is 1.92 bits per heavy atom. The second-order valence-corrected chi connectivity index (χ2v) is 10.2. The topological polar surface area (TPSA) is 92.8 Å². The van der Waals surface area contributed by atoms with Gasteiger partial charge in [0.05, 0.1) is 11.0 Å². The number of nitrogens with one attached hydrogen (secondary N) is 1. The van der Waals surface area contributed by atoms with Crippen molar-refractivity contribution in [1.82, 2.24) is 9.03 Å². The lowest BCUT2D eigenvalue weighted by Gasteiger charge is -2.21. The van der Waals surface area contributed by atoms with Crippen LogP contribution in [0.15, 0.2) is 29.2 Å². The van der Waals surface area contributed by atoms with Crippen molar-refractivity contribution in [2.45, 2.75) is 42.6 Å². The van der Waals surface area contributed by atoms with Crippen molar-refractivity contribution in [2.24, 2.45) is 0 Å². The van der Waals surface area contributed by atoms with Gasteiger partial charge in [-0.1, -0.05) is 12.1 Å². The summed E-state index contributed by atoms with van der Waals surface area (Å²) in [6, 6.07) is 5.76. The smallest absolute Gasteiger partial charge is 0.242 e. The molecular weight excluding hydrogens is 352 g/mol. The minimum atomic E-state index is -3.56. The largest absolute Gasteiger partial charge is 0.377 e. The van der Waals surface area contributed by atoms with E-state index in [2.05, 4.69) is 4.72 Å². The molecule has 3 atom stereocenters. The van der Waals surface area contributed by atoms with Gasteiger partial charge >= 0.3 is 0 Å². The van der Waals surface area contributed by atoms with E-state index in [0.29, 0.717) is 18.6 Å². The van der Waals surface area contributed by atoms with Crippen LogP contribution in [-0.2, 0) is 24.8 Å². The van der Waals surface area contributed by atoms with E-state index in [-0.39, 0.29) is 11.0 Å². The number of nitrogens with zero attached hydrogens (tertiary/aromatic N) is 1. The van der Waals surface area contributed by atoms with E-state index < -0.39 is 31.3 Å². The summed E-state index contributed by atoms with van der Waals surface area (Å²) in [5.74, 6) is 0. The predicted molar refractivity (Wildman–Crippen MR) is 91.6 cm³/mol. The molecule has 136 valence electrons. The Hall–Kier alpha value is -1.00. The lowest BCUT2D eigenvalue weighted by molar-refractivity contribution is 0.126. The summed E-state index contributed by atoms with van der Waals surface area (Å²) in [4.78, 5) is 0.133. The minimum Gasteiger partial charge on any atom is -0.377 e. The number of hydrogen-bond acceptors (Lipinski definition) is 5. The molecule has 1 aromatic rings. The van der Waals surface area contributed by atoms with Crippen molar-refractivity contribution >= 4 is 20.0 Å². The fourth-order valence-electron chi connectivity index (χ4n) is 2.68. The Labute approximate surface area is 144 Å². The van der Waals surface area contributed by atoms with Crippen molar-refractivity contribution < 1.29 is 21.6 Å². The molecule has 0 saturated carbocycles. The first-order valence-corrected chi connectivity index (χ1v) is 10.7. The normalized spacial score (nSPS) is 23.5. The molecule has 0 amide bonds. The van der Waals surface area contributed by atoms with Crippen LogP contribution in [0.1, 0.15) is 31.9 Å². The van der Waals surface area contributed by atoms with Crippen molar-refractivity contribution in [1.29, 1.82) is 0 Å². The van der Waals surface area contributed by atoms with E-state index in [1.165, 1.54) is 26.2 Å². The van der Waals surface area contributed by atoms with Gasteiger partial charge in [-0.2, -0.15) is 0 Å². The Balaban J connectivity index is 2.23. The molecule has 0 bridgehead atoms. The molecule has 0 radical (unpaired) electrons. The third-order valence-corrected chi connectivity index (χ3v) is 8.09. The number of rotatable bonds is 6. The Bertz CT molecular complexity index is 790. The zero-order chi connectivity index (χ0) is 18.1. The second-order valence-electron chi connectivity index (χ2n) is 6.15. The molecule has 1 fully saturated rings. The molecule has 1 heterocycles. The summed E-state index contributed by atoms with van der Waals surface area (Å²) < 4.78 is 58.5. The second kappa shape index (κ2) is 7.09. The SMILES string of the molecule is CC(NS(=O)(=O)C1CCOC1C)c1cccc(S(=O)(=O)N(C)C)c1. The zero-order valence-electron chi connectivity index (χ0n) is 14.3. The molecule has 9 heteroatoms. The molecule has 1 aliphatic rings. The average Bonchev–Trinajstić information content (AvgIpc) is 2.94. The highest BCUT2D eigenvalue weighted by Crippen LogP contribution is 2.24. The number of sulfonamides is 2. The lowest BCUT2D eigenvalue weighted by atomic mass is 10.1. The van der Waals surface area contributed by atoms with Gasteiger partial charge in [0, 0.05) is 26.7 Å². The van der Waals surface area contributed by atoms with Gasteiger partial charge in [0.15, 0.2) is 0 Å². The molecule has 1 aliphatic heterocycles. The van der Waals surface area contributed by atoms with Crippen molar-refractivity contribution in [2.75, 3.05) is 20.7 Å². The van der Waals surface area contributed by atoms with Crippen LogP contribution in [0.5, 0.6) is 0 Å². The Kier molecular flexibility index (Phi) is 5.71. The van der Waals surface area contributed by atoms with Crippen LogP contribution < -0.4 is 4.72 Å². The van der Waals surface area contributed by atoms with E-state index in [0.717, 1.165) is 4.31 Å². The summed E-state index contributed by atoms with van der Waals surface area (Å²) in [6.45, 7) is 3.86. The highest BCUT2D eigenvalue weighted by Gasteiger charge is 2.36. The molecule has 7 nitrogen and oxygen atoms in total. The maximum atomic E-state index is 12.5. The quantitative estimate of drug-likeness (QED) is 0.802. The molecule has 24 heavy (non-hydrogen) atoms. The molecule has 0 aromatic heterocycles. The molecular formula is C15H24N2O5S2. The average molecular weight is 377 g/mol. The maximum Gasteiger partial charge on any atom is 0.242 e. The van der Waals surface area contributed by atoms with E-state index in [4.69, 9.17) is 4.74 Å². The summed E-state index contributed by atoms with van der Waals surface area (Å²) in [6.07, 6.45) is 0.105. The van der Waals surface area contributed by atoms with Crippen LogP contribution in [0.3, 0.4) is 0 Å².